The van der Waals surface area contributed by atoms with Crippen molar-refractivity contribution in [3.05, 3.63) is 29.6 Å². The second kappa shape index (κ2) is 6.49. The lowest BCUT2D eigenvalue weighted by Gasteiger charge is -2.03. The Hall–Kier alpha value is -1.93. The number of aromatic nitrogens is 1. The standard InChI is InChI=1S/C12H10BrN3O3S/c13-5-10(17)14-8-3-1-7(2-4-8)9-6-20-11(15-9)16-12(18)19/h1-4,6H,5H2,(H,14,17)(H,15,16)(H,18,19). The van der Waals surface area contributed by atoms with Crippen LogP contribution in [0.1, 0.15) is 0 Å². The van der Waals surface area contributed by atoms with E-state index < -0.39 is 6.09 Å². The molecule has 1 aromatic heterocycles. The number of carbonyl (C=O) groups is 2. The minimum atomic E-state index is -1.14. The highest BCUT2D eigenvalue weighted by Crippen LogP contribution is 2.25. The molecule has 0 aliphatic carbocycles. The summed E-state index contributed by atoms with van der Waals surface area (Å²) in [5, 5.41) is 15.8. The number of rotatable bonds is 4. The van der Waals surface area contributed by atoms with Crippen LogP contribution in [0, 0.1) is 0 Å². The molecule has 104 valence electrons. The van der Waals surface area contributed by atoms with Gasteiger partial charge in [-0.15, -0.1) is 11.3 Å². The number of anilines is 2. The second-order valence-electron chi connectivity index (χ2n) is 3.73. The minimum Gasteiger partial charge on any atom is -0.465 e. The molecule has 0 unspecified atom stereocenters. The fourth-order valence-electron chi connectivity index (χ4n) is 1.47. The highest BCUT2D eigenvalue weighted by molar-refractivity contribution is 9.09. The first-order valence-corrected chi connectivity index (χ1v) is 7.50. The fourth-order valence-corrected chi connectivity index (χ4v) is 2.32. The van der Waals surface area contributed by atoms with E-state index >= 15 is 0 Å². The van der Waals surface area contributed by atoms with Crippen LogP contribution in [0.3, 0.4) is 0 Å². The molecular formula is C12H10BrN3O3S. The molecule has 0 saturated carbocycles. The summed E-state index contributed by atoms with van der Waals surface area (Å²) in [6.45, 7) is 0. The smallest absolute Gasteiger partial charge is 0.410 e. The van der Waals surface area contributed by atoms with Crippen molar-refractivity contribution in [2.45, 2.75) is 0 Å². The molecule has 2 aromatic rings. The van der Waals surface area contributed by atoms with Gasteiger partial charge in [0.1, 0.15) is 0 Å². The van der Waals surface area contributed by atoms with Crippen molar-refractivity contribution in [3.63, 3.8) is 0 Å². The Balaban J connectivity index is 2.11. The Morgan fingerprint density at radius 2 is 1.95 bits per heavy atom. The van der Waals surface area contributed by atoms with Crippen molar-refractivity contribution >= 4 is 50.1 Å². The fraction of sp³-hybridized carbons (Fsp3) is 0.0833. The lowest BCUT2D eigenvalue weighted by Crippen LogP contribution is -2.11. The molecule has 0 bridgehead atoms. The third kappa shape index (κ3) is 3.78. The van der Waals surface area contributed by atoms with Gasteiger partial charge < -0.3 is 10.4 Å². The van der Waals surface area contributed by atoms with E-state index in [9.17, 15) is 9.59 Å². The van der Waals surface area contributed by atoms with Gasteiger partial charge in [-0.1, -0.05) is 28.1 Å². The van der Waals surface area contributed by atoms with Crippen LogP contribution in [0.5, 0.6) is 0 Å². The first-order chi connectivity index (χ1) is 9.58. The van der Waals surface area contributed by atoms with Crippen LogP contribution < -0.4 is 10.6 Å². The molecule has 0 fully saturated rings. The summed E-state index contributed by atoms with van der Waals surface area (Å²) in [6, 6.07) is 7.14. The van der Waals surface area contributed by atoms with Gasteiger partial charge in [-0.05, 0) is 12.1 Å². The molecule has 0 aliphatic heterocycles. The average molecular weight is 356 g/mol. The maximum atomic E-state index is 11.2. The van der Waals surface area contributed by atoms with E-state index in [0.717, 1.165) is 5.56 Å². The number of carboxylic acid groups (broad SMARTS) is 1. The summed E-state index contributed by atoms with van der Waals surface area (Å²) in [5.74, 6) is -0.126. The zero-order valence-corrected chi connectivity index (χ0v) is 12.5. The Morgan fingerprint density at radius 1 is 1.25 bits per heavy atom. The summed E-state index contributed by atoms with van der Waals surface area (Å²) < 4.78 is 0. The highest BCUT2D eigenvalue weighted by atomic mass is 79.9. The molecule has 0 radical (unpaired) electrons. The van der Waals surface area contributed by atoms with Gasteiger partial charge in [0.2, 0.25) is 5.91 Å². The van der Waals surface area contributed by atoms with Gasteiger partial charge >= 0.3 is 6.09 Å². The van der Waals surface area contributed by atoms with Gasteiger partial charge in [0.05, 0.1) is 11.0 Å². The summed E-state index contributed by atoms with van der Waals surface area (Å²) in [7, 11) is 0. The largest absolute Gasteiger partial charge is 0.465 e. The molecule has 0 spiro atoms. The Bertz CT molecular complexity index is 627. The van der Waals surface area contributed by atoms with Crippen molar-refractivity contribution in [1.29, 1.82) is 0 Å². The zero-order valence-electron chi connectivity index (χ0n) is 10.1. The normalized spacial score (nSPS) is 10.1. The SMILES string of the molecule is O=C(O)Nc1nc(-c2ccc(NC(=O)CBr)cc2)cs1. The number of hydrogen-bond donors (Lipinski definition) is 3. The van der Waals surface area contributed by atoms with Crippen LogP contribution >= 0.6 is 27.3 Å². The molecular weight excluding hydrogens is 346 g/mol. The van der Waals surface area contributed by atoms with Gasteiger partial charge in [0.25, 0.3) is 0 Å². The van der Waals surface area contributed by atoms with E-state index in [1.54, 1.807) is 17.5 Å². The minimum absolute atomic E-state index is 0.126. The second-order valence-corrected chi connectivity index (χ2v) is 5.15. The Kier molecular flexibility index (Phi) is 4.70. The summed E-state index contributed by atoms with van der Waals surface area (Å²) in [4.78, 5) is 25.9. The van der Waals surface area contributed by atoms with Crippen LogP contribution in [0.2, 0.25) is 0 Å². The van der Waals surface area contributed by atoms with E-state index in [-0.39, 0.29) is 11.2 Å². The predicted molar refractivity (Wildman–Crippen MR) is 81.6 cm³/mol. The molecule has 2 amide bonds. The average Bonchev–Trinajstić information content (AvgIpc) is 2.87. The first-order valence-electron chi connectivity index (χ1n) is 5.50. The molecule has 1 heterocycles. The number of nitrogens with zero attached hydrogens (tertiary/aromatic N) is 1. The van der Waals surface area contributed by atoms with Crippen LogP contribution in [0.15, 0.2) is 29.6 Å². The number of nitrogens with one attached hydrogen (secondary N) is 2. The third-order valence-electron chi connectivity index (χ3n) is 2.30. The molecule has 8 heteroatoms. The van der Waals surface area contributed by atoms with Gasteiger partial charge in [0.15, 0.2) is 5.13 Å². The van der Waals surface area contributed by atoms with Crippen molar-refractivity contribution in [1.82, 2.24) is 4.98 Å². The number of halogens is 1. The molecule has 0 saturated heterocycles. The predicted octanol–water partition coefficient (Wildman–Crippen LogP) is 3.23. The maximum Gasteiger partial charge on any atom is 0.410 e. The van der Waals surface area contributed by atoms with Gasteiger partial charge in [-0.2, -0.15) is 0 Å². The number of alkyl halides is 1. The van der Waals surface area contributed by atoms with Crippen LogP contribution in [0.4, 0.5) is 15.6 Å². The molecule has 0 atom stereocenters. The van der Waals surface area contributed by atoms with E-state index in [0.29, 0.717) is 16.5 Å². The number of thiazole rings is 1. The molecule has 1 aromatic carbocycles. The van der Waals surface area contributed by atoms with Gasteiger partial charge in [-0.25, -0.2) is 9.78 Å². The summed E-state index contributed by atoms with van der Waals surface area (Å²) in [6.07, 6.45) is -1.14. The number of carbonyl (C=O) groups excluding carboxylic acids is 1. The summed E-state index contributed by atoms with van der Waals surface area (Å²) in [5.41, 5.74) is 2.21. The lowest BCUT2D eigenvalue weighted by molar-refractivity contribution is -0.113. The van der Waals surface area contributed by atoms with E-state index in [1.165, 1.54) is 11.3 Å². The number of hydrogen-bond acceptors (Lipinski definition) is 4. The van der Waals surface area contributed by atoms with E-state index in [1.807, 2.05) is 12.1 Å². The van der Waals surface area contributed by atoms with Crippen molar-refractivity contribution in [3.8, 4) is 11.3 Å². The molecule has 0 aliphatic rings. The van der Waals surface area contributed by atoms with Crippen molar-refractivity contribution in [2.24, 2.45) is 0 Å². The Labute approximate surface area is 127 Å². The monoisotopic (exact) mass is 355 g/mol. The Morgan fingerprint density at radius 3 is 2.55 bits per heavy atom. The van der Waals surface area contributed by atoms with E-state index in [2.05, 4.69) is 31.5 Å². The van der Waals surface area contributed by atoms with Gasteiger partial charge in [-0.3, -0.25) is 10.1 Å². The molecule has 6 nitrogen and oxygen atoms in total. The molecule has 20 heavy (non-hydrogen) atoms. The molecule has 2 rings (SSSR count). The topological polar surface area (TPSA) is 91.3 Å². The quantitative estimate of drug-likeness (QED) is 0.734. The highest BCUT2D eigenvalue weighted by Gasteiger charge is 2.07. The van der Waals surface area contributed by atoms with Gasteiger partial charge in [0, 0.05) is 16.6 Å². The van der Waals surface area contributed by atoms with Crippen LogP contribution in [-0.2, 0) is 4.79 Å². The van der Waals surface area contributed by atoms with Crippen LogP contribution in [0.25, 0.3) is 11.3 Å². The van der Waals surface area contributed by atoms with Crippen molar-refractivity contribution < 1.29 is 14.7 Å². The third-order valence-corrected chi connectivity index (χ3v) is 3.57. The van der Waals surface area contributed by atoms with E-state index in [4.69, 9.17) is 5.11 Å². The van der Waals surface area contributed by atoms with Crippen molar-refractivity contribution in [2.75, 3.05) is 16.0 Å². The molecule has 3 N–H and O–H groups in total. The first kappa shape index (κ1) is 14.5. The lowest BCUT2D eigenvalue weighted by atomic mass is 10.1. The zero-order chi connectivity index (χ0) is 14.5. The maximum absolute atomic E-state index is 11.2. The summed E-state index contributed by atoms with van der Waals surface area (Å²) >= 11 is 4.28. The number of amides is 2. The van der Waals surface area contributed by atoms with Crippen LogP contribution in [-0.4, -0.2) is 27.4 Å². The number of benzene rings is 1.